The van der Waals surface area contributed by atoms with Crippen LogP contribution in [0.4, 0.5) is 5.13 Å². The van der Waals surface area contributed by atoms with Crippen LogP contribution in [0.25, 0.3) is 0 Å². The molecule has 0 bridgehead atoms. The third-order valence-electron chi connectivity index (χ3n) is 3.79. The van der Waals surface area contributed by atoms with Crippen LogP contribution in [0.3, 0.4) is 0 Å². The van der Waals surface area contributed by atoms with Gasteiger partial charge in [0, 0.05) is 22.5 Å². The quantitative estimate of drug-likeness (QED) is 0.647. The second kappa shape index (κ2) is 8.34. The van der Waals surface area contributed by atoms with E-state index in [4.69, 9.17) is 16.3 Å². The number of thiazole rings is 1. The number of amides is 1. The van der Waals surface area contributed by atoms with Gasteiger partial charge in [-0.15, -0.1) is 11.3 Å². The van der Waals surface area contributed by atoms with Gasteiger partial charge in [0.1, 0.15) is 5.75 Å². The molecule has 3 aromatic rings. The minimum Gasteiger partial charge on any atom is -0.483 e. The molecule has 0 saturated heterocycles. The van der Waals surface area contributed by atoms with Crippen molar-refractivity contribution in [2.75, 3.05) is 11.9 Å². The number of nitrogens with one attached hydrogen (secondary N) is 1. The van der Waals surface area contributed by atoms with Gasteiger partial charge in [-0.05, 0) is 48.7 Å². The molecular formula is C20H19ClN2O2S. The van der Waals surface area contributed by atoms with Crippen molar-refractivity contribution >= 4 is 34.0 Å². The maximum atomic E-state index is 12.1. The second-order valence-corrected chi connectivity index (χ2v) is 7.59. The second-order valence-electron chi connectivity index (χ2n) is 6.04. The standard InChI is InChI=1S/C20H19ClN2O2S/c1-13-3-4-14(2)18(9-13)25-12-19(24)23-20-22-11-17(26-20)10-15-5-7-16(21)8-6-15/h3-9,11H,10,12H2,1-2H3,(H,22,23,24). The lowest BCUT2D eigenvalue weighted by Crippen LogP contribution is -2.20. The van der Waals surface area contributed by atoms with Crippen LogP contribution < -0.4 is 10.1 Å². The number of aryl methyl sites for hydroxylation is 2. The van der Waals surface area contributed by atoms with Crippen molar-refractivity contribution in [2.24, 2.45) is 0 Å². The van der Waals surface area contributed by atoms with Crippen LogP contribution in [-0.2, 0) is 11.2 Å². The molecule has 0 atom stereocenters. The van der Waals surface area contributed by atoms with Gasteiger partial charge in [0.15, 0.2) is 11.7 Å². The van der Waals surface area contributed by atoms with Crippen LogP contribution in [-0.4, -0.2) is 17.5 Å². The van der Waals surface area contributed by atoms with Gasteiger partial charge in [-0.1, -0.05) is 35.9 Å². The Bertz CT molecular complexity index is 906. The lowest BCUT2D eigenvalue weighted by Gasteiger charge is -2.09. The van der Waals surface area contributed by atoms with E-state index in [1.165, 1.54) is 11.3 Å². The van der Waals surface area contributed by atoms with E-state index in [2.05, 4.69) is 10.3 Å². The summed E-state index contributed by atoms with van der Waals surface area (Å²) in [5, 5.41) is 4.07. The number of anilines is 1. The number of aromatic nitrogens is 1. The van der Waals surface area contributed by atoms with E-state index in [1.54, 1.807) is 6.20 Å². The number of carbonyl (C=O) groups is 1. The van der Waals surface area contributed by atoms with Crippen LogP contribution in [0.5, 0.6) is 5.75 Å². The van der Waals surface area contributed by atoms with E-state index >= 15 is 0 Å². The molecule has 0 radical (unpaired) electrons. The molecule has 0 unspecified atom stereocenters. The normalized spacial score (nSPS) is 10.6. The summed E-state index contributed by atoms with van der Waals surface area (Å²) in [5.74, 6) is 0.501. The number of hydrogen-bond donors (Lipinski definition) is 1. The molecule has 1 heterocycles. The molecule has 0 aliphatic heterocycles. The minimum absolute atomic E-state index is 0.0452. The van der Waals surface area contributed by atoms with Gasteiger partial charge in [0.05, 0.1) is 0 Å². The molecular weight excluding hydrogens is 368 g/mol. The fourth-order valence-electron chi connectivity index (χ4n) is 2.41. The first-order chi connectivity index (χ1) is 12.5. The van der Waals surface area contributed by atoms with Crippen LogP contribution >= 0.6 is 22.9 Å². The van der Waals surface area contributed by atoms with Crippen molar-refractivity contribution in [3.05, 3.63) is 75.3 Å². The maximum absolute atomic E-state index is 12.1. The Hall–Kier alpha value is -2.37. The van der Waals surface area contributed by atoms with E-state index in [1.807, 2.05) is 56.3 Å². The Labute approximate surface area is 161 Å². The van der Waals surface area contributed by atoms with Crippen LogP contribution in [0.2, 0.25) is 5.02 Å². The molecule has 0 spiro atoms. The average Bonchev–Trinajstić information content (AvgIpc) is 3.04. The van der Waals surface area contributed by atoms with Gasteiger partial charge < -0.3 is 4.74 Å². The largest absolute Gasteiger partial charge is 0.483 e. The smallest absolute Gasteiger partial charge is 0.264 e. The zero-order valence-electron chi connectivity index (χ0n) is 14.6. The highest BCUT2D eigenvalue weighted by atomic mass is 35.5. The molecule has 6 heteroatoms. The van der Waals surface area contributed by atoms with E-state index in [0.29, 0.717) is 5.13 Å². The van der Waals surface area contributed by atoms with Crippen LogP contribution in [0.15, 0.2) is 48.7 Å². The third-order valence-corrected chi connectivity index (χ3v) is 4.96. The molecule has 1 N–H and O–H groups in total. The van der Waals surface area contributed by atoms with E-state index in [-0.39, 0.29) is 12.5 Å². The van der Waals surface area contributed by atoms with E-state index < -0.39 is 0 Å². The molecule has 1 aromatic heterocycles. The van der Waals surface area contributed by atoms with E-state index in [9.17, 15) is 4.79 Å². The highest BCUT2D eigenvalue weighted by molar-refractivity contribution is 7.15. The van der Waals surface area contributed by atoms with Gasteiger partial charge in [0.2, 0.25) is 0 Å². The summed E-state index contributed by atoms with van der Waals surface area (Å²) in [7, 11) is 0. The number of benzene rings is 2. The molecule has 0 aliphatic rings. The van der Waals surface area contributed by atoms with Gasteiger partial charge in [-0.3, -0.25) is 10.1 Å². The molecule has 0 aliphatic carbocycles. The van der Waals surface area contributed by atoms with Crippen molar-refractivity contribution in [1.82, 2.24) is 4.98 Å². The van der Waals surface area contributed by atoms with Gasteiger partial charge >= 0.3 is 0 Å². The van der Waals surface area contributed by atoms with Crippen LogP contribution in [0.1, 0.15) is 21.6 Å². The predicted octanol–water partition coefficient (Wildman–Crippen LogP) is 5.02. The van der Waals surface area contributed by atoms with Gasteiger partial charge in [-0.2, -0.15) is 0 Å². The van der Waals surface area contributed by atoms with Gasteiger partial charge in [0.25, 0.3) is 5.91 Å². The summed E-state index contributed by atoms with van der Waals surface area (Å²) in [5.41, 5.74) is 3.25. The summed E-state index contributed by atoms with van der Waals surface area (Å²) < 4.78 is 5.62. The topological polar surface area (TPSA) is 51.2 Å². The molecule has 134 valence electrons. The van der Waals surface area contributed by atoms with Crippen LogP contribution in [0, 0.1) is 13.8 Å². The first-order valence-electron chi connectivity index (χ1n) is 8.18. The van der Waals surface area contributed by atoms with Crippen molar-refractivity contribution in [3.8, 4) is 5.75 Å². The van der Waals surface area contributed by atoms with Crippen molar-refractivity contribution < 1.29 is 9.53 Å². The number of carbonyl (C=O) groups excluding carboxylic acids is 1. The summed E-state index contributed by atoms with van der Waals surface area (Å²) in [6.45, 7) is 3.90. The monoisotopic (exact) mass is 386 g/mol. The van der Waals surface area contributed by atoms with Crippen molar-refractivity contribution in [1.29, 1.82) is 0 Å². The average molecular weight is 387 g/mol. The molecule has 4 nitrogen and oxygen atoms in total. The first kappa shape index (κ1) is 18.4. The van der Waals surface area contributed by atoms with Crippen molar-refractivity contribution in [2.45, 2.75) is 20.3 Å². The predicted molar refractivity (Wildman–Crippen MR) is 106 cm³/mol. The minimum atomic E-state index is -0.224. The Morgan fingerprint density at radius 2 is 1.96 bits per heavy atom. The summed E-state index contributed by atoms with van der Waals surface area (Å²) in [6.07, 6.45) is 2.53. The molecule has 0 fully saturated rings. The lowest BCUT2D eigenvalue weighted by atomic mass is 10.1. The summed E-state index contributed by atoms with van der Waals surface area (Å²) >= 11 is 7.36. The zero-order chi connectivity index (χ0) is 18.5. The number of halogens is 1. The SMILES string of the molecule is Cc1ccc(C)c(OCC(=O)Nc2ncc(Cc3ccc(Cl)cc3)s2)c1. The highest BCUT2D eigenvalue weighted by Crippen LogP contribution is 2.22. The number of hydrogen-bond acceptors (Lipinski definition) is 4. The zero-order valence-corrected chi connectivity index (χ0v) is 16.2. The summed E-state index contributed by atoms with van der Waals surface area (Å²) in [6, 6.07) is 13.6. The molecule has 3 rings (SSSR count). The molecule has 1 amide bonds. The van der Waals surface area contributed by atoms with E-state index in [0.717, 1.165) is 38.8 Å². The third kappa shape index (κ3) is 5.07. The lowest BCUT2D eigenvalue weighted by molar-refractivity contribution is -0.118. The number of ether oxygens (including phenoxy) is 1. The molecule has 0 saturated carbocycles. The highest BCUT2D eigenvalue weighted by Gasteiger charge is 2.09. The first-order valence-corrected chi connectivity index (χ1v) is 9.38. The molecule has 26 heavy (non-hydrogen) atoms. The Kier molecular flexibility index (Phi) is 5.91. The Balaban J connectivity index is 1.54. The fraction of sp³-hybridized carbons (Fsp3) is 0.200. The Morgan fingerprint density at radius 1 is 1.19 bits per heavy atom. The maximum Gasteiger partial charge on any atom is 0.264 e. The van der Waals surface area contributed by atoms with Gasteiger partial charge in [-0.25, -0.2) is 4.98 Å². The Morgan fingerprint density at radius 3 is 2.73 bits per heavy atom. The molecule has 2 aromatic carbocycles. The van der Waals surface area contributed by atoms with Crippen molar-refractivity contribution in [3.63, 3.8) is 0 Å². The number of nitrogens with zero attached hydrogens (tertiary/aromatic N) is 1. The summed E-state index contributed by atoms with van der Waals surface area (Å²) in [4.78, 5) is 17.4. The fourth-order valence-corrected chi connectivity index (χ4v) is 3.40. The number of rotatable bonds is 6.